The number of aryl methyl sites for hydroxylation is 1. The fourth-order valence-corrected chi connectivity index (χ4v) is 3.40. The molecule has 0 aromatic heterocycles. The van der Waals surface area contributed by atoms with Gasteiger partial charge in [-0.05, 0) is 36.8 Å². The van der Waals surface area contributed by atoms with Crippen LogP contribution in [-0.4, -0.2) is 35.7 Å². The van der Waals surface area contributed by atoms with Crippen molar-refractivity contribution in [2.75, 3.05) is 6.54 Å². The van der Waals surface area contributed by atoms with E-state index < -0.39 is 6.09 Å². The number of amides is 2. The van der Waals surface area contributed by atoms with Gasteiger partial charge in [-0.3, -0.25) is 4.79 Å². The van der Waals surface area contributed by atoms with Gasteiger partial charge in [0.2, 0.25) is 5.91 Å². The SMILES string of the molecule is O=C(O)N[C@@H]1CN[C@H](C(=O)NC2CCCc3ccccc32)C1. The van der Waals surface area contributed by atoms with Gasteiger partial charge >= 0.3 is 6.09 Å². The van der Waals surface area contributed by atoms with Crippen LogP contribution < -0.4 is 16.0 Å². The summed E-state index contributed by atoms with van der Waals surface area (Å²) in [6.45, 7) is 0.492. The van der Waals surface area contributed by atoms with Crippen LogP contribution in [-0.2, 0) is 11.2 Å². The van der Waals surface area contributed by atoms with Crippen molar-refractivity contribution in [1.82, 2.24) is 16.0 Å². The van der Waals surface area contributed by atoms with Crippen molar-refractivity contribution in [2.45, 2.75) is 43.8 Å². The van der Waals surface area contributed by atoms with Gasteiger partial charge < -0.3 is 21.1 Å². The molecule has 1 heterocycles. The van der Waals surface area contributed by atoms with Gasteiger partial charge in [-0.1, -0.05) is 24.3 Å². The highest BCUT2D eigenvalue weighted by Crippen LogP contribution is 2.29. The Kier molecular flexibility index (Phi) is 4.29. The molecule has 1 fully saturated rings. The topological polar surface area (TPSA) is 90.5 Å². The summed E-state index contributed by atoms with van der Waals surface area (Å²) in [7, 11) is 0. The Bertz CT molecular complexity index is 576. The van der Waals surface area contributed by atoms with Crippen molar-refractivity contribution >= 4 is 12.0 Å². The number of carboxylic acid groups (broad SMARTS) is 1. The predicted octanol–water partition coefficient (Wildman–Crippen LogP) is 1.18. The van der Waals surface area contributed by atoms with Crippen molar-refractivity contribution in [3.05, 3.63) is 35.4 Å². The van der Waals surface area contributed by atoms with Gasteiger partial charge in [0.1, 0.15) is 0 Å². The molecular formula is C16H21N3O3. The molecule has 2 amide bonds. The molecule has 4 N–H and O–H groups in total. The lowest BCUT2D eigenvalue weighted by Crippen LogP contribution is -2.42. The molecule has 3 rings (SSSR count). The molecule has 2 aliphatic rings. The molecule has 1 unspecified atom stereocenters. The third-order valence-electron chi connectivity index (χ3n) is 4.46. The van der Waals surface area contributed by atoms with E-state index in [0.29, 0.717) is 13.0 Å². The normalized spacial score (nSPS) is 27.0. The van der Waals surface area contributed by atoms with E-state index in [1.54, 1.807) is 0 Å². The Morgan fingerprint density at radius 3 is 2.86 bits per heavy atom. The molecule has 22 heavy (non-hydrogen) atoms. The summed E-state index contributed by atoms with van der Waals surface area (Å²) < 4.78 is 0. The summed E-state index contributed by atoms with van der Waals surface area (Å²) in [5.74, 6) is -0.0450. The molecule has 1 aromatic rings. The van der Waals surface area contributed by atoms with Crippen molar-refractivity contribution in [3.63, 3.8) is 0 Å². The molecule has 1 aliphatic carbocycles. The molecule has 6 heteroatoms. The first-order valence-electron chi connectivity index (χ1n) is 7.74. The van der Waals surface area contributed by atoms with Crippen LogP contribution in [0.25, 0.3) is 0 Å². The lowest BCUT2D eigenvalue weighted by molar-refractivity contribution is -0.123. The van der Waals surface area contributed by atoms with Gasteiger partial charge in [-0.15, -0.1) is 0 Å². The maximum atomic E-state index is 12.4. The fourth-order valence-electron chi connectivity index (χ4n) is 3.40. The quantitative estimate of drug-likeness (QED) is 0.675. The van der Waals surface area contributed by atoms with Crippen molar-refractivity contribution in [3.8, 4) is 0 Å². The first kappa shape index (κ1) is 14.8. The fraction of sp³-hybridized carbons (Fsp3) is 0.500. The van der Waals surface area contributed by atoms with E-state index in [9.17, 15) is 9.59 Å². The predicted molar refractivity (Wildman–Crippen MR) is 81.6 cm³/mol. The van der Waals surface area contributed by atoms with E-state index in [0.717, 1.165) is 19.3 Å². The van der Waals surface area contributed by atoms with Crippen LogP contribution in [0.5, 0.6) is 0 Å². The number of benzene rings is 1. The Hall–Kier alpha value is -2.08. The van der Waals surface area contributed by atoms with E-state index >= 15 is 0 Å². The standard InChI is InChI=1S/C16H21N3O3/c20-15(14-8-11(9-17-14)18-16(21)22)19-13-7-3-5-10-4-1-2-6-12(10)13/h1-2,4,6,11,13-14,17-18H,3,5,7-9H2,(H,19,20)(H,21,22)/t11-,13?,14-/m0/s1. The maximum absolute atomic E-state index is 12.4. The van der Waals surface area contributed by atoms with Crippen LogP contribution >= 0.6 is 0 Å². The minimum absolute atomic E-state index is 0.0450. The monoisotopic (exact) mass is 303 g/mol. The Balaban J connectivity index is 1.60. The molecule has 0 saturated carbocycles. The summed E-state index contributed by atoms with van der Waals surface area (Å²) in [6, 6.07) is 7.77. The zero-order valence-corrected chi connectivity index (χ0v) is 12.3. The van der Waals surface area contributed by atoms with Crippen LogP contribution in [0.15, 0.2) is 24.3 Å². The maximum Gasteiger partial charge on any atom is 0.404 e. The number of fused-ring (bicyclic) bond motifs is 1. The Morgan fingerprint density at radius 2 is 2.05 bits per heavy atom. The first-order valence-corrected chi connectivity index (χ1v) is 7.74. The average Bonchev–Trinajstić information content (AvgIpc) is 2.95. The van der Waals surface area contributed by atoms with Crippen molar-refractivity contribution in [1.29, 1.82) is 0 Å². The molecule has 1 saturated heterocycles. The third-order valence-corrected chi connectivity index (χ3v) is 4.46. The van der Waals surface area contributed by atoms with Crippen LogP contribution in [0.1, 0.15) is 36.4 Å². The summed E-state index contributed by atoms with van der Waals surface area (Å²) in [5, 5.41) is 17.4. The number of hydrogen-bond donors (Lipinski definition) is 4. The minimum atomic E-state index is -1.05. The smallest absolute Gasteiger partial charge is 0.404 e. The molecule has 1 aromatic carbocycles. The Morgan fingerprint density at radius 1 is 1.23 bits per heavy atom. The number of carbonyl (C=O) groups excluding carboxylic acids is 1. The second-order valence-electron chi connectivity index (χ2n) is 6.00. The van der Waals surface area contributed by atoms with Crippen LogP contribution in [0.3, 0.4) is 0 Å². The lowest BCUT2D eigenvalue weighted by atomic mass is 9.87. The molecule has 3 atom stereocenters. The molecule has 0 spiro atoms. The first-order chi connectivity index (χ1) is 10.6. The molecular weight excluding hydrogens is 282 g/mol. The zero-order valence-electron chi connectivity index (χ0n) is 12.3. The molecule has 118 valence electrons. The highest BCUT2D eigenvalue weighted by Gasteiger charge is 2.32. The van der Waals surface area contributed by atoms with Gasteiger partial charge in [-0.25, -0.2) is 4.79 Å². The van der Waals surface area contributed by atoms with Gasteiger partial charge in [0.15, 0.2) is 0 Å². The third kappa shape index (κ3) is 3.22. The van der Waals surface area contributed by atoms with E-state index in [1.165, 1.54) is 11.1 Å². The van der Waals surface area contributed by atoms with E-state index in [2.05, 4.69) is 28.1 Å². The van der Waals surface area contributed by atoms with Crippen molar-refractivity contribution in [2.24, 2.45) is 0 Å². The van der Waals surface area contributed by atoms with Crippen LogP contribution in [0.2, 0.25) is 0 Å². The number of hydrogen-bond acceptors (Lipinski definition) is 3. The summed E-state index contributed by atoms with van der Waals surface area (Å²) in [6.07, 6.45) is 2.53. The second kappa shape index (κ2) is 6.36. The number of rotatable bonds is 3. The zero-order chi connectivity index (χ0) is 15.5. The largest absolute Gasteiger partial charge is 0.465 e. The van der Waals surface area contributed by atoms with Crippen LogP contribution in [0, 0.1) is 0 Å². The summed E-state index contributed by atoms with van der Waals surface area (Å²) in [5.41, 5.74) is 2.52. The average molecular weight is 303 g/mol. The summed E-state index contributed by atoms with van der Waals surface area (Å²) >= 11 is 0. The Labute approximate surface area is 129 Å². The molecule has 0 radical (unpaired) electrons. The van der Waals surface area contributed by atoms with Gasteiger partial charge in [-0.2, -0.15) is 0 Å². The highest BCUT2D eigenvalue weighted by atomic mass is 16.4. The van der Waals surface area contributed by atoms with E-state index in [4.69, 9.17) is 5.11 Å². The van der Waals surface area contributed by atoms with Crippen molar-refractivity contribution < 1.29 is 14.7 Å². The summed E-state index contributed by atoms with van der Waals surface area (Å²) in [4.78, 5) is 23.1. The molecule has 0 bridgehead atoms. The minimum Gasteiger partial charge on any atom is -0.465 e. The van der Waals surface area contributed by atoms with Gasteiger partial charge in [0, 0.05) is 12.6 Å². The second-order valence-corrected chi connectivity index (χ2v) is 6.00. The number of nitrogens with one attached hydrogen (secondary N) is 3. The number of carbonyl (C=O) groups is 2. The van der Waals surface area contributed by atoms with Crippen LogP contribution in [0.4, 0.5) is 4.79 Å². The van der Waals surface area contributed by atoms with Gasteiger partial charge in [0.05, 0.1) is 12.1 Å². The van der Waals surface area contributed by atoms with Gasteiger partial charge in [0.25, 0.3) is 0 Å². The lowest BCUT2D eigenvalue weighted by Gasteiger charge is -2.27. The van der Waals surface area contributed by atoms with E-state index in [-0.39, 0.29) is 24.0 Å². The van der Waals surface area contributed by atoms with E-state index in [1.807, 2.05) is 12.1 Å². The molecule has 6 nitrogen and oxygen atoms in total. The highest BCUT2D eigenvalue weighted by molar-refractivity contribution is 5.83. The molecule has 1 aliphatic heterocycles.